The molecule has 6 heteroatoms. The molecule has 0 fully saturated rings. The van der Waals surface area contributed by atoms with Crippen LogP contribution in [0.3, 0.4) is 0 Å². The summed E-state index contributed by atoms with van der Waals surface area (Å²) in [4.78, 5) is 25.9. The van der Waals surface area contributed by atoms with Crippen molar-refractivity contribution in [1.29, 1.82) is 0 Å². The predicted octanol–water partition coefficient (Wildman–Crippen LogP) is 3.64. The van der Waals surface area contributed by atoms with E-state index in [1.807, 2.05) is 25.1 Å². The van der Waals surface area contributed by atoms with Gasteiger partial charge in [-0.3, -0.25) is 14.3 Å². The van der Waals surface area contributed by atoms with E-state index in [1.165, 1.54) is 5.56 Å². The highest BCUT2D eigenvalue weighted by Gasteiger charge is 2.22. The smallest absolute Gasteiger partial charge is 0.224 e. The first-order chi connectivity index (χ1) is 13.3. The summed E-state index contributed by atoms with van der Waals surface area (Å²) in [5.74, 6) is 0.587. The Bertz CT molecular complexity index is 898. The summed E-state index contributed by atoms with van der Waals surface area (Å²) in [6, 6.07) is 5.77. The summed E-state index contributed by atoms with van der Waals surface area (Å²) in [6.45, 7) is 11.6. The van der Waals surface area contributed by atoms with Crippen LogP contribution in [-0.4, -0.2) is 28.1 Å². The fourth-order valence-corrected chi connectivity index (χ4v) is 3.89. The number of anilines is 2. The molecular formula is C22H30N4O2. The van der Waals surface area contributed by atoms with Gasteiger partial charge >= 0.3 is 0 Å². The minimum Gasteiger partial charge on any atom is -0.326 e. The van der Waals surface area contributed by atoms with Crippen molar-refractivity contribution >= 4 is 23.2 Å². The van der Waals surface area contributed by atoms with Crippen molar-refractivity contribution in [3.63, 3.8) is 0 Å². The fourth-order valence-electron chi connectivity index (χ4n) is 3.89. The third-order valence-corrected chi connectivity index (χ3v) is 5.31. The first-order valence-electron chi connectivity index (χ1n) is 10.00. The van der Waals surface area contributed by atoms with E-state index in [-0.39, 0.29) is 11.8 Å². The van der Waals surface area contributed by atoms with Gasteiger partial charge in [0, 0.05) is 43.5 Å². The van der Waals surface area contributed by atoms with Gasteiger partial charge in [0.2, 0.25) is 11.8 Å². The Morgan fingerprint density at radius 3 is 2.68 bits per heavy atom. The summed E-state index contributed by atoms with van der Waals surface area (Å²) in [7, 11) is 0. The van der Waals surface area contributed by atoms with Crippen molar-refractivity contribution < 1.29 is 9.59 Å². The van der Waals surface area contributed by atoms with Crippen LogP contribution in [0.5, 0.6) is 0 Å². The van der Waals surface area contributed by atoms with Gasteiger partial charge in [0.15, 0.2) is 0 Å². The largest absolute Gasteiger partial charge is 0.326 e. The molecule has 6 nitrogen and oxygen atoms in total. The molecule has 3 rings (SSSR count). The van der Waals surface area contributed by atoms with Crippen LogP contribution in [0, 0.1) is 19.8 Å². The number of nitrogens with zero attached hydrogens (tertiary/aromatic N) is 3. The summed E-state index contributed by atoms with van der Waals surface area (Å²) in [6.07, 6.45) is 1.93. The Hall–Kier alpha value is -2.63. The van der Waals surface area contributed by atoms with Crippen LogP contribution in [-0.2, 0) is 29.0 Å². The van der Waals surface area contributed by atoms with Gasteiger partial charge in [-0.05, 0) is 61.9 Å². The second-order valence-corrected chi connectivity index (χ2v) is 8.04. The highest BCUT2D eigenvalue weighted by Crippen LogP contribution is 2.30. The summed E-state index contributed by atoms with van der Waals surface area (Å²) in [5.41, 5.74) is 6.18. The Labute approximate surface area is 166 Å². The molecule has 0 saturated carbocycles. The van der Waals surface area contributed by atoms with E-state index in [9.17, 15) is 9.59 Å². The van der Waals surface area contributed by atoms with Crippen molar-refractivity contribution in [2.75, 3.05) is 16.8 Å². The van der Waals surface area contributed by atoms with Crippen molar-refractivity contribution in [3.8, 4) is 0 Å². The van der Waals surface area contributed by atoms with Crippen LogP contribution < -0.4 is 10.2 Å². The van der Waals surface area contributed by atoms with Gasteiger partial charge in [-0.1, -0.05) is 13.8 Å². The second-order valence-electron chi connectivity index (χ2n) is 8.04. The molecule has 1 aliphatic rings. The number of nitrogens with one attached hydrogen (secondary N) is 1. The van der Waals surface area contributed by atoms with E-state index in [4.69, 9.17) is 0 Å². The molecule has 1 N–H and O–H groups in total. The third kappa shape index (κ3) is 4.26. The van der Waals surface area contributed by atoms with Gasteiger partial charge in [-0.2, -0.15) is 5.10 Å². The topological polar surface area (TPSA) is 67.2 Å². The van der Waals surface area contributed by atoms with Gasteiger partial charge in [0.1, 0.15) is 0 Å². The lowest BCUT2D eigenvalue weighted by atomic mass is 10.1. The molecule has 0 atom stereocenters. The third-order valence-electron chi connectivity index (χ3n) is 5.31. The Balaban J connectivity index is 1.61. The van der Waals surface area contributed by atoms with E-state index in [0.717, 1.165) is 41.3 Å². The monoisotopic (exact) mass is 382 g/mol. The van der Waals surface area contributed by atoms with Crippen molar-refractivity contribution in [2.45, 2.75) is 60.4 Å². The lowest BCUT2D eigenvalue weighted by Crippen LogP contribution is -2.25. The molecule has 1 aliphatic heterocycles. The van der Waals surface area contributed by atoms with Crippen LogP contribution in [0.25, 0.3) is 0 Å². The number of aromatic nitrogens is 2. The maximum atomic E-state index is 12.5. The van der Waals surface area contributed by atoms with Crippen LogP contribution in [0.4, 0.5) is 11.4 Å². The zero-order valence-electron chi connectivity index (χ0n) is 17.5. The van der Waals surface area contributed by atoms with Crippen molar-refractivity contribution in [3.05, 3.63) is 40.7 Å². The molecule has 28 heavy (non-hydrogen) atoms. The molecule has 2 aromatic rings. The normalized spacial score (nSPS) is 13.1. The quantitative estimate of drug-likeness (QED) is 0.829. The van der Waals surface area contributed by atoms with Gasteiger partial charge < -0.3 is 10.2 Å². The first-order valence-corrected chi connectivity index (χ1v) is 10.00. The molecule has 0 spiro atoms. The number of benzene rings is 1. The van der Waals surface area contributed by atoms with Crippen LogP contribution in [0.15, 0.2) is 18.2 Å². The van der Waals surface area contributed by atoms with E-state index in [0.29, 0.717) is 25.3 Å². The minimum absolute atomic E-state index is 0.00298. The first kappa shape index (κ1) is 20.1. The molecule has 2 amide bonds. The highest BCUT2D eigenvalue weighted by molar-refractivity contribution is 5.95. The summed E-state index contributed by atoms with van der Waals surface area (Å²) in [5, 5.41) is 7.62. The summed E-state index contributed by atoms with van der Waals surface area (Å²) < 4.78 is 2.05. The predicted molar refractivity (Wildman–Crippen MR) is 112 cm³/mol. The van der Waals surface area contributed by atoms with Crippen LogP contribution in [0.2, 0.25) is 0 Å². The van der Waals surface area contributed by atoms with Gasteiger partial charge in [-0.25, -0.2) is 0 Å². The van der Waals surface area contributed by atoms with E-state index >= 15 is 0 Å². The molecule has 1 aromatic heterocycles. The van der Waals surface area contributed by atoms with Gasteiger partial charge in [0.05, 0.1) is 5.69 Å². The fraction of sp³-hybridized carbons (Fsp3) is 0.500. The number of aryl methyl sites for hydroxylation is 1. The number of hydrogen-bond donors (Lipinski definition) is 1. The Morgan fingerprint density at radius 1 is 1.25 bits per heavy atom. The number of hydrogen-bond acceptors (Lipinski definition) is 3. The highest BCUT2D eigenvalue weighted by atomic mass is 16.2. The summed E-state index contributed by atoms with van der Waals surface area (Å²) >= 11 is 0. The maximum Gasteiger partial charge on any atom is 0.224 e. The molecule has 0 unspecified atom stereocenters. The molecule has 0 bridgehead atoms. The molecule has 0 aliphatic carbocycles. The molecule has 0 radical (unpaired) electrons. The molecule has 2 heterocycles. The lowest BCUT2D eigenvalue weighted by molar-refractivity contribution is -0.117. The molecule has 150 valence electrons. The number of amides is 2. The minimum atomic E-state index is -0.00298. The maximum absolute atomic E-state index is 12.5. The van der Waals surface area contributed by atoms with Gasteiger partial charge in [-0.15, -0.1) is 0 Å². The van der Waals surface area contributed by atoms with Crippen molar-refractivity contribution in [1.82, 2.24) is 9.78 Å². The van der Waals surface area contributed by atoms with E-state index < -0.39 is 0 Å². The molecular weight excluding hydrogens is 352 g/mol. The number of rotatable bonds is 6. The van der Waals surface area contributed by atoms with Crippen molar-refractivity contribution in [2.24, 2.45) is 5.92 Å². The number of carbonyl (C=O) groups excluding carboxylic acids is 2. The second kappa shape index (κ2) is 8.17. The van der Waals surface area contributed by atoms with Crippen LogP contribution in [0.1, 0.15) is 49.7 Å². The average molecular weight is 383 g/mol. The number of fused-ring (bicyclic) bond motifs is 1. The average Bonchev–Trinajstić information content (AvgIpc) is 3.14. The SMILES string of the molecule is CC(=O)N1CCc2cc(NC(=O)CCc3c(C)nn(CC(C)C)c3C)ccc21. The Morgan fingerprint density at radius 2 is 2.00 bits per heavy atom. The van der Waals surface area contributed by atoms with Crippen LogP contribution >= 0.6 is 0 Å². The van der Waals surface area contributed by atoms with E-state index in [1.54, 1.807) is 11.8 Å². The lowest BCUT2D eigenvalue weighted by Gasteiger charge is -2.15. The Kier molecular flexibility index (Phi) is 5.87. The zero-order valence-corrected chi connectivity index (χ0v) is 17.5. The number of carbonyl (C=O) groups is 2. The standard InChI is InChI=1S/C22H30N4O2/c1-14(2)13-26-16(4)20(15(3)24-26)7-9-22(28)23-19-6-8-21-18(12-19)10-11-25(21)17(5)27/h6,8,12,14H,7,9-11,13H2,1-5H3,(H,23,28). The molecule has 1 aromatic carbocycles. The zero-order chi connectivity index (χ0) is 20.4. The van der Waals surface area contributed by atoms with Gasteiger partial charge in [0.25, 0.3) is 0 Å². The van der Waals surface area contributed by atoms with E-state index in [2.05, 4.69) is 35.9 Å². The molecule has 0 saturated heterocycles.